The van der Waals surface area contributed by atoms with Crippen molar-refractivity contribution in [2.24, 2.45) is 5.92 Å². The van der Waals surface area contributed by atoms with Crippen molar-refractivity contribution in [3.63, 3.8) is 0 Å². The quantitative estimate of drug-likeness (QED) is 0.848. The molecule has 2 heterocycles. The first-order valence-corrected chi connectivity index (χ1v) is 6.85. The first-order valence-electron chi connectivity index (χ1n) is 6.85. The summed E-state index contributed by atoms with van der Waals surface area (Å²) in [6.45, 7) is 5.03. The Balaban J connectivity index is 1.91. The van der Waals surface area contributed by atoms with Gasteiger partial charge < -0.3 is 15.4 Å². The second-order valence-corrected chi connectivity index (χ2v) is 4.74. The Morgan fingerprint density at radius 3 is 3.21 bits per heavy atom. The van der Waals surface area contributed by atoms with Crippen molar-refractivity contribution >= 4 is 11.6 Å². The SMILES string of the molecule is CCNc1cnccc1C(=O)NCC1CCCOC1. The molecule has 0 radical (unpaired) electrons. The topological polar surface area (TPSA) is 63.2 Å². The maximum absolute atomic E-state index is 12.2. The van der Waals surface area contributed by atoms with Gasteiger partial charge in [0, 0.05) is 25.9 Å². The monoisotopic (exact) mass is 263 g/mol. The minimum atomic E-state index is -0.0519. The molecule has 0 spiro atoms. The third-order valence-electron chi connectivity index (χ3n) is 3.24. The highest BCUT2D eigenvalue weighted by molar-refractivity contribution is 5.99. The van der Waals surface area contributed by atoms with Crippen LogP contribution in [0.1, 0.15) is 30.1 Å². The zero-order valence-electron chi connectivity index (χ0n) is 11.3. The highest BCUT2D eigenvalue weighted by Crippen LogP contribution is 2.15. The summed E-state index contributed by atoms with van der Waals surface area (Å²) < 4.78 is 5.41. The molecule has 1 saturated heterocycles. The predicted molar refractivity (Wildman–Crippen MR) is 74.3 cm³/mol. The number of aromatic nitrogens is 1. The minimum absolute atomic E-state index is 0.0519. The summed E-state index contributed by atoms with van der Waals surface area (Å²) in [5.74, 6) is 0.381. The molecule has 5 heteroatoms. The summed E-state index contributed by atoms with van der Waals surface area (Å²) >= 11 is 0. The van der Waals surface area contributed by atoms with Crippen LogP contribution in [0.4, 0.5) is 5.69 Å². The molecule has 1 aromatic rings. The van der Waals surface area contributed by atoms with E-state index in [1.807, 2.05) is 6.92 Å². The van der Waals surface area contributed by atoms with Gasteiger partial charge in [-0.05, 0) is 31.7 Å². The lowest BCUT2D eigenvalue weighted by atomic mass is 10.0. The highest BCUT2D eigenvalue weighted by Gasteiger charge is 2.16. The van der Waals surface area contributed by atoms with Crippen LogP contribution >= 0.6 is 0 Å². The molecule has 0 saturated carbocycles. The molecule has 2 N–H and O–H groups in total. The molecule has 1 atom stereocenters. The minimum Gasteiger partial charge on any atom is -0.383 e. The molecule has 1 aromatic heterocycles. The maximum atomic E-state index is 12.2. The highest BCUT2D eigenvalue weighted by atomic mass is 16.5. The van der Waals surface area contributed by atoms with Crippen LogP contribution in [0, 0.1) is 5.92 Å². The smallest absolute Gasteiger partial charge is 0.253 e. The van der Waals surface area contributed by atoms with Crippen LogP contribution in [0.5, 0.6) is 0 Å². The molecule has 0 aliphatic carbocycles. The van der Waals surface area contributed by atoms with Crippen LogP contribution in [0.3, 0.4) is 0 Å². The summed E-state index contributed by atoms with van der Waals surface area (Å²) in [6.07, 6.45) is 5.52. The third kappa shape index (κ3) is 3.92. The predicted octanol–water partition coefficient (Wildman–Crippen LogP) is 1.67. The molecule has 5 nitrogen and oxygen atoms in total. The summed E-state index contributed by atoms with van der Waals surface area (Å²) in [6, 6.07) is 1.74. The van der Waals surface area contributed by atoms with E-state index in [-0.39, 0.29) is 5.91 Å². The lowest BCUT2D eigenvalue weighted by molar-refractivity contribution is 0.0536. The molecule has 2 rings (SSSR count). The Hall–Kier alpha value is -1.62. The lowest BCUT2D eigenvalue weighted by Gasteiger charge is -2.22. The fourth-order valence-electron chi connectivity index (χ4n) is 2.22. The lowest BCUT2D eigenvalue weighted by Crippen LogP contribution is -2.33. The second kappa shape index (κ2) is 7.09. The van der Waals surface area contributed by atoms with E-state index in [9.17, 15) is 4.79 Å². The van der Waals surface area contributed by atoms with Gasteiger partial charge in [-0.25, -0.2) is 0 Å². The molecular formula is C14H21N3O2. The van der Waals surface area contributed by atoms with Crippen molar-refractivity contribution in [3.8, 4) is 0 Å². The molecular weight excluding hydrogens is 242 g/mol. The van der Waals surface area contributed by atoms with Crippen LogP contribution < -0.4 is 10.6 Å². The van der Waals surface area contributed by atoms with Crippen molar-refractivity contribution in [2.75, 3.05) is 31.6 Å². The molecule has 0 aromatic carbocycles. The number of pyridine rings is 1. The molecule has 104 valence electrons. The van der Waals surface area contributed by atoms with Gasteiger partial charge in [-0.15, -0.1) is 0 Å². The summed E-state index contributed by atoms with van der Waals surface area (Å²) in [7, 11) is 0. The van der Waals surface area contributed by atoms with Gasteiger partial charge in [0.15, 0.2) is 0 Å². The zero-order valence-corrected chi connectivity index (χ0v) is 11.3. The Bertz CT molecular complexity index is 417. The van der Waals surface area contributed by atoms with E-state index in [2.05, 4.69) is 15.6 Å². The largest absolute Gasteiger partial charge is 0.383 e. The standard InChI is InChI=1S/C14H21N3O2/c1-2-16-13-9-15-6-5-12(13)14(18)17-8-11-4-3-7-19-10-11/h5-6,9,11,16H,2-4,7-8,10H2,1H3,(H,17,18). The van der Waals surface area contributed by atoms with E-state index >= 15 is 0 Å². The number of carbonyl (C=O) groups excluding carboxylic acids is 1. The Morgan fingerprint density at radius 2 is 2.47 bits per heavy atom. The van der Waals surface area contributed by atoms with E-state index in [0.29, 0.717) is 18.0 Å². The average molecular weight is 263 g/mol. The number of nitrogens with one attached hydrogen (secondary N) is 2. The molecule has 19 heavy (non-hydrogen) atoms. The number of ether oxygens (including phenoxy) is 1. The zero-order chi connectivity index (χ0) is 13.5. The first-order chi connectivity index (χ1) is 9.31. The molecule has 1 unspecified atom stereocenters. The van der Waals surface area contributed by atoms with Gasteiger partial charge in [-0.1, -0.05) is 0 Å². The molecule has 1 amide bonds. The Morgan fingerprint density at radius 1 is 1.58 bits per heavy atom. The van der Waals surface area contributed by atoms with E-state index in [0.717, 1.165) is 38.3 Å². The summed E-state index contributed by atoms with van der Waals surface area (Å²) in [5.41, 5.74) is 1.43. The van der Waals surface area contributed by atoms with Crippen molar-refractivity contribution in [1.29, 1.82) is 0 Å². The van der Waals surface area contributed by atoms with E-state index in [1.165, 1.54) is 0 Å². The van der Waals surface area contributed by atoms with Gasteiger partial charge in [0.25, 0.3) is 5.91 Å². The molecule has 1 aliphatic heterocycles. The maximum Gasteiger partial charge on any atom is 0.253 e. The number of carbonyl (C=O) groups is 1. The van der Waals surface area contributed by atoms with Gasteiger partial charge in [0.05, 0.1) is 24.1 Å². The fraction of sp³-hybridized carbons (Fsp3) is 0.571. The molecule has 0 bridgehead atoms. The van der Waals surface area contributed by atoms with Crippen LogP contribution in [0.25, 0.3) is 0 Å². The van der Waals surface area contributed by atoms with Crippen molar-refractivity contribution in [3.05, 3.63) is 24.0 Å². The van der Waals surface area contributed by atoms with Crippen LogP contribution in [0.15, 0.2) is 18.5 Å². The number of nitrogens with zero attached hydrogens (tertiary/aromatic N) is 1. The van der Waals surface area contributed by atoms with Gasteiger partial charge in [-0.2, -0.15) is 0 Å². The van der Waals surface area contributed by atoms with Crippen LogP contribution in [-0.2, 0) is 4.74 Å². The summed E-state index contributed by atoms with van der Waals surface area (Å²) in [4.78, 5) is 16.2. The van der Waals surface area contributed by atoms with Gasteiger partial charge in [-0.3, -0.25) is 9.78 Å². The van der Waals surface area contributed by atoms with Gasteiger partial charge in [0.1, 0.15) is 0 Å². The number of anilines is 1. The number of hydrogen-bond donors (Lipinski definition) is 2. The summed E-state index contributed by atoms with van der Waals surface area (Å²) in [5, 5.41) is 6.13. The van der Waals surface area contributed by atoms with Crippen LogP contribution in [0.2, 0.25) is 0 Å². The second-order valence-electron chi connectivity index (χ2n) is 4.74. The number of hydrogen-bond acceptors (Lipinski definition) is 4. The fourth-order valence-corrected chi connectivity index (χ4v) is 2.22. The average Bonchev–Trinajstić information content (AvgIpc) is 2.47. The van der Waals surface area contributed by atoms with E-state index < -0.39 is 0 Å². The van der Waals surface area contributed by atoms with E-state index in [4.69, 9.17) is 4.74 Å². The van der Waals surface area contributed by atoms with E-state index in [1.54, 1.807) is 18.5 Å². The number of amides is 1. The van der Waals surface area contributed by atoms with Crippen molar-refractivity contribution < 1.29 is 9.53 Å². The van der Waals surface area contributed by atoms with Crippen molar-refractivity contribution in [2.45, 2.75) is 19.8 Å². The van der Waals surface area contributed by atoms with Crippen LogP contribution in [-0.4, -0.2) is 37.2 Å². The Labute approximate surface area is 113 Å². The van der Waals surface area contributed by atoms with Gasteiger partial charge in [0.2, 0.25) is 0 Å². The van der Waals surface area contributed by atoms with Crippen molar-refractivity contribution in [1.82, 2.24) is 10.3 Å². The molecule has 1 fully saturated rings. The normalized spacial score (nSPS) is 18.9. The first kappa shape index (κ1) is 13.8. The number of rotatable bonds is 5. The molecule has 1 aliphatic rings. The Kier molecular flexibility index (Phi) is 5.15. The third-order valence-corrected chi connectivity index (χ3v) is 3.24. The van der Waals surface area contributed by atoms with Gasteiger partial charge >= 0.3 is 0 Å².